The maximum absolute atomic E-state index is 13.0. The second-order valence-electron chi connectivity index (χ2n) is 7.72. The quantitative estimate of drug-likeness (QED) is 0.466. The molecule has 0 bridgehead atoms. The van der Waals surface area contributed by atoms with Crippen LogP contribution < -0.4 is 0 Å². The molecule has 1 unspecified atom stereocenters. The summed E-state index contributed by atoms with van der Waals surface area (Å²) in [7, 11) is -3.55. The largest absolute Gasteiger partial charge is 0.451 e. The van der Waals surface area contributed by atoms with Crippen molar-refractivity contribution in [3.63, 3.8) is 0 Å². The molecule has 0 aliphatic carbocycles. The van der Waals surface area contributed by atoms with Crippen LogP contribution in [0.5, 0.6) is 0 Å². The van der Waals surface area contributed by atoms with Crippen molar-refractivity contribution in [2.45, 2.75) is 37.7 Å². The van der Waals surface area contributed by atoms with Crippen LogP contribution in [0, 0.1) is 6.92 Å². The van der Waals surface area contributed by atoms with Gasteiger partial charge in [0.05, 0.1) is 10.5 Å². The third-order valence-corrected chi connectivity index (χ3v) is 7.50. The molecule has 8 heteroatoms. The lowest BCUT2D eigenvalue weighted by atomic mass is 10.0. The lowest BCUT2D eigenvalue weighted by Crippen LogP contribution is -2.28. The predicted molar refractivity (Wildman–Crippen MR) is 117 cm³/mol. The van der Waals surface area contributed by atoms with Gasteiger partial charge in [0.15, 0.2) is 6.10 Å². The number of carbonyl (C=O) groups is 2. The van der Waals surface area contributed by atoms with Crippen LogP contribution in [0.4, 0.5) is 0 Å². The van der Waals surface area contributed by atoms with Gasteiger partial charge in [0.1, 0.15) is 0 Å². The summed E-state index contributed by atoms with van der Waals surface area (Å²) in [5.74, 6) is -0.972. The second-order valence-corrected chi connectivity index (χ2v) is 9.66. The van der Waals surface area contributed by atoms with E-state index >= 15 is 0 Å². The zero-order chi connectivity index (χ0) is 22.2. The molecule has 1 atom stereocenters. The maximum atomic E-state index is 13.0. The molecule has 2 aromatic carbocycles. The molecule has 31 heavy (non-hydrogen) atoms. The Balaban J connectivity index is 1.49. The summed E-state index contributed by atoms with van der Waals surface area (Å²) in [6.45, 7) is 4.37. The number of aryl methyl sites for hydroxylation is 1. The van der Waals surface area contributed by atoms with Crippen LogP contribution in [0.25, 0.3) is 10.9 Å². The molecule has 3 aromatic rings. The first kappa shape index (κ1) is 21.3. The second kappa shape index (κ2) is 8.28. The van der Waals surface area contributed by atoms with E-state index in [0.29, 0.717) is 24.3 Å². The molecule has 0 amide bonds. The Labute approximate surface area is 181 Å². The van der Waals surface area contributed by atoms with Crippen molar-refractivity contribution >= 4 is 32.7 Å². The zero-order valence-electron chi connectivity index (χ0n) is 17.4. The first-order valence-electron chi connectivity index (χ1n) is 10.2. The van der Waals surface area contributed by atoms with Crippen LogP contribution in [0.15, 0.2) is 53.4 Å². The predicted octanol–water partition coefficient (Wildman–Crippen LogP) is 3.69. The maximum Gasteiger partial charge on any atom is 0.338 e. The van der Waals surface area contributed by atoms with Gasteiger partial charge in [-0.1, -0.05) is 18.2 Å². The fourth-order valence-corrected chi connectivity index (χ4v) is 5.44. The number of hydrogen-bond acceptors (Lipinski definition) is 5. The molecule has 0 spiro atoms. The van der Waals surface area contributed by atoms with E-state index in [1.54, 1.807) is 6.92 Å². The summed E-state index contributed by atoms with van der Waals surface area (Å²) >= 11 is 0. The number of hydrogen-bond donors (Lipinski definition) is 1. The van der Waals surface area contributed by atoms with Crippen molar-refractivity contribution in [1.29, 1.82) is 0 Å². The topological polar surface area (TPSA) is 96.5 Å². The highest BCUT2D eigenvalue weighted by Crippen LogP contribution is 2.25. The molecule has 1 N–H and O–H groups in total. The number of sulfonamides is 1. The lowest BCUT2D eigenvalue weighted by Gasteiger charge is -2.16. The zero-order valence-corrected chi connectivity index (χ0v) is 18.2. The molecule has 2 heterocycles. The van der Waals surface area contributed by atoms with Crippen LogP contribution in [0.3, 0.4) is 0 Å². The van der Waals surface area contributed by atoms with E-state index in [9.17, 15) is 18.0 Å². The van der Waals surface area contributed by atoms with Crippen molar-refractivity contribution in [3.8, 4) is 0 Å². The van der Waals surface area contributed by atoms with Crippen LogP contribution in [0.1, 0.15) is 46.2 Å². The highest BCUT2D eigenvalue weighted by molar-refractivity contribution is 7.89. The van der Waals surface area contributed by atoms with Gasteiger partial charge in [0.25, 0.3) is 0 Å². The molecule has 1 fully saturated rings. The standard InChI is InChI=1S/C23H24N2O5S/c1-15-21(19-7-3-4-8-20(19)24-15)22(26)16(2)30-23(27)17-9-11-18(12-10-17)31(28,29)25-13-5-6-14-25/h3-4,7-12,16,24H,5-6,13-14H2,1-2H3. The van der Waals surface area contributed by atoms with Crippen LogP contribution in [-0.4, -0.2) is 48.7 Å². The summed E-state index contributed by atoms with van der Waals surface area (Å²) in [4.78, 5) is 28.8. The molecule has 1 aliphatic heterocycles. The monoisotopic (exact) mass is 440 g/mol. The fourth-order valence-electron chi connectivity index (χ4n) is 3.92. The summed E-state index contributed by atoms with van der Waals surface area (Å²) in [6, 6.07) is 13.1. The molecule has 1 aliphatic rings. The Kier molecular flexibility index (Phi) is 5.68. The van der Waals surface area contributed by atoms with Gasteiger partial charge in [-0.15, -0.1) is 0 Å². The lowest BCUT2D eigenvalue weighted by molar-refractivity contribution is 0.0319. The fraction of sp³-hybridized carbons (Fsp3) is 0.304. The van der Waals surface area contributed by atoms with E-state index in [1.165, 1.54) is 35.5 Å². The third-order valence-electron chi connectivity index (χ3n) is 5.59. The van der Waals surface area contributed by atoms with Crippen molar-refractivity contribution < 1.29 is 22.7 Å². The van der Waals surface area contributed by atoms with Gasteiger partial charge >= 0.3 is 5.97 Å². The molecular weight excluding hydrogens is 416 g/mol. The average molecular weight is 441 g/mol. The van der Waals surface area contributed by atoms with Gasteiger partial charge in [-0.3, -0.25) is 4.79 Å². The number of H-pyrrole nitrogens is 1. The Hall–Kier alpha value is -2.97. The summed E-state index contributed by atoms with van der Waals surface area (Å²) in [6.07, 6.45) is 0.718. The number of Topliss-reactive ketones (excluding diaryl/α,β-unsaturated/α-hetero) is 1. The van der Waals surface area contributed by atoms with Gasteiger partial charge in [-0.05, 0) is 57.0 Å². The third kappa shape index (κ3) is 4.00. The number of fused-ring (bicyclic) bond motifs is 1. The minimum atomic E-state index is -3.55. The number of ketones is 1. The van der Waals surface area contributed by atoms with Gasteiger partial charge < -0.3 is 9.72 Å². The number of carbonyl (C=O) groups excluding carboxylic acids is 2. The number of rotatable bonds is 6. The van der Waals surface area contributed by atoms with E-state index in [-0.39, 0.29) is 16.2 Å². The van der Waals surface area contributed by atoms with Crippen molar-refractivity contribution in [3.05, 3.63) is 65.4 Å². The van der Waals surface area contributed by atoms with E-state index in [1.807, 2.05) is 24.3 Å². The highest BCUT2D eigenvalue weighted by atomic mass is 32.2. The normalized spacial score (nSPS) is 15.8. The smallest absolute Gasteiger partial charge is 0.338 e. The number of aromatic amines is 1. The summed E-state index contributed by atoms with van der Waals surface area (Å²) in [5, 5.41) is 0.782. The molecule has 1 aromatic heterocycles. The molecule has 1 saturated heterocycles. The van der Waals surface area contributed by atoms with Crippen molar-refractivity contribution in [2.75, 3.05) is 13.1 Å². The van der Waals surface area contributed by atoms with E-state index in [4.69, 9.17) is 4.74 Å². The van der Waals surface area contributed by atoms with E-state index in [0.717, 1.165) is 23.7 Å². The SMILES string of the molecule is Cc1[nH]c2ccccc2c1C(=O)C(C)OC(=O)c1ccc(S(=O)(=O)N2CCCC2)cc1. The molecule has 162 valence electrons. The molecule has 4 rings (SSSR count). The first-order chi connectivity index (χ1) is 14.8. The van der Waals surface area contributed by atoms with Gasteiger partial charge in [0.2, 0.25) is 15.8 Å². The van der Waals surface area contributed by atoms with Gasteiger partial charge in [0, 0.05) is 35.2 Å². The Morgan fingerprint density at radius 2 is 1.68 bits per heavy atom. The number of ether oxygens (including phenoxy) is 1. The van der Waals surface area contributed by atoms with Crippen LogP contribution in [-0.2, 0) is 14.8 Å². The number of aromatic nitrogens is 1. The van der Waals surface area contributed by atoms with E-state index < -0.39 is 22.1 Å². The van der Waals surface area contributed by atoms with Gasteiger partial charge in [-0.25, -0.2) is 13.2 Å². The van der Waals surface area contributed by atoms with Crippen molar-refractivity contribution in [2.24, 2.45) is 0 Å². The number of esters is 1. The van der Waals surface area contributed by atoms with Gasteiger partial charge in [-0.2, -0.15) is 4.31 Å². The first-order valence-corrected chi connectivity index (χ1v) is 11.7. The Bertz CT molecular complexity index is 1240. The summed E-state index contributed by atoms with van der Waals surface area (Å²) < 4.78 is 32.1. The number of benzene rings is 2. The molecular formula is C23H24N2O5S. The molecule has 0 radical (unpaired) electrons. The molecule has 0 saturated carbocycles. The highest BCUT2D eigenvalue weighted by Gasteiger charge is 2.28. The number of para-hydroxylation sites is 1. The van der Waals surface area contributed by atoms with E-state index in [2.05, 4.69) is 4.98 Å². The average Bonchev–Trinajstić information content (AvgIpc) is 3.41. The molecule has 7 nitrogen and oxygen atoms in total. The number of nitrogens with zero attached hydrogens (tertiary/aromatic N) is 1. The van der Waals surface area contributed by atoms with Crippen molar-refractivity contribution in [1.82, 2.24) is 9.29 Å². The summed E-state index contributed by atoms with van der Waals surface area (Å²) in [5.41, 5.74) is 2.25. The number of nitrogens with one attached hydrogen (secondary N) is 1. The Morgan fingerprint density at radius 3 is 2.35 bits per heavy atom. The van der Waals surface area contributed by atoms with Crippen LogP contribution >= 0.6 is 0 Å². The van der Waals surface area contributed by atoms with Crippen LogP contribution in [0.2, 0.25) is 0 Å². The Morgan fingerprint density at radius 1 is 1.03 bits per heavy atom. The minimum absolute atomic E-state index is 0.143. The minimum Gasteiger partial charge on any atom is -0.451 e.